The number of esters is 1. The zero-order valence-electron chi connectivity index (χ0n) is 12.1. The molecule has 20 heavy (non-hydrogen) atoms. The molecule has 5 atom stereocenters. The van der Waals surface area contributed by atoms with Crippen LogP contribution in [0.15, 0.2) is 0 Å². The fourth-order valence-corrected chi connectivity index (χ4v) is 3.06. The van der Waals surface area contributed by atoms with Crippen molar-refractivity contribution < 1.29 is 24.2 Å². The summed E-state index contributed by atoms with van der Waals surface area (Å²) >= 11 is 0. The largest absolute Gasteiger partial charge is 0.468 e. The van der Waals surface area contributed by atoms with Gasteiger partial charge in [-0.25, -0.2) is 0 Å². The zero-order chi connectivity index (χ0) is 15.1. The van der Waals surface area contributed by atoms with Crippen LogP contribution in [-0.4, -0.2) is 53.4 Å². The van der Waals surface area contributed by atoms with Crippen LogP contribution in [-0.2, 0) is 19.0 Å². The Bertz CT molecular complexity index is 433. The van der Waals surface area contributed by atoms with E-state index in [0.717, 1.165) is 5.06 Å². The molecule has 0 aromatic rings. The molecule has 2 aliphatic rings. The summed E-state index contributed by atoms with van der Waals surface area (Å²) in [6.07, 6.45) is -0.290. The van der Waals surface area contributed by atoms with Gasteiger partial charge in [0.15, 0.2) is 11.7 Å². The summed E-state index contributed by atoms with van der Waals surface area (Å²) in [4.78, 5) is 11.7. The molecule has 2 rings (SSSR count). The SMILES string of the molecule is CC[C@@H]1[C@H]2OC(C)(C)O[C@H]2C(C(C#N)C(=O)OC)N1O. The van der Waals surface area contributed by atoms with Gasteiger partial charge < -0.3 is 19.4 Å². The first-order chi connectivity index (χ1) is 9.36. The van der Waals surface area contributed by atoms with Crippen LogP contribution in [0, 0.1) is 17.2 Å². The molecule has 7 heteroatoms. The monoisotopic (exact) mass is 284 g/mol. The number of ether oxygens (including phenoxy) is 3. The molecule has 0 amide bonds. The van der Waals surface area contributed by atoms with E-state index in [0.29, 0.717) is 6.42 Å². The molecule has 2 fully saturated rings. The Labute approximate surface area is 118 Å². The molecule has 0 bridgehead atoms. The lowest BCUT2D eigenvalue weighted by molar-refractivity contribution is -0.222. The van der Waals surface area contributed by atoms with Crippen LogP contribution in [0.3, 0.4) is 0 Å². The van der Waals surface area contributed by atoms with E-state index < -0.39 is 29.8 Å². The summed E-state index contributed by atoms with van der Waals surface area (Å²) in [5.74, 6) is -2.59. The van der Waals surface area contributed by atoms with E-state index in [2.05, 4.69) is 4.74 Å². The van der Waals surface area contributed by atoms with E-state index in [1.807, 2.05) is 13.0 Å². The summed E-state index contributed by atoms with van der Waals surface area (Å²) in [5, 5.41) is 20.5. The van der Waals surface area contributed by atoms with Gasteiger partial charge in [-0.1, -0.05) is 6.92 Å². The van der Waals surface area contributed by atoms with Crippen LogP contribution in [0.5, 0.6) is 0 Å². The molecule has 2 saturated heterocycles. The predicted octanol–water partition coefficient (Wildman–Crippen LogP) is 0.671. The van der Waals surface area contributed by atoms with Crippen molar-refractivity contribution in [1.82, 2.24) is 5.06 Å². The van der Waals surface area contributed by atoms with Gasteiger partial charge in [-0.3, -0.25) is 4.79 Å². The lowest BCUT2D eigenvalue weighted by atomic mass is 9.96. The van der Waals surface area contributed by atoms with Gasteiger partial charge in [-0.2, -0.15) is 10.3 Å². The Morgan fingerprint density at radius 3 is 2.60 bits per heavy atom. The molecule has 2 aliphatic heterocycles. The molecule has 0 saturated carbocycles. The standard InChI is InChI=1S/C13H20N2O5/c1-5-8-10-11(20-13(2,3)19-10)9(15(8)17)7(6-14)12(16)18-4/h7-11,17H,5H2,1-4H3/t7?,8-,9?,10-,11+/m1/s1. The topological polar surface area (TPSA) is 92.0 Å². The van der Waals surface area contributed by atoms with E-state index in [4.69, 9.17) is 9.47 Å². The number of hydrogen-bond acceptors (Lipinski definition) is 7. The maximum atomic E-state index is 11.7. The second-order valence-electron chi connectivity index (χ2n) is 5.54. The average Bonchev–Trinajstić information content (AvgIpc) is 2.81. The number of carbonyl (C=O) groups is 1. The molecule has 0 aliphatic carbocycles. The summed E-state index contributed by atoms with van der Waals surface area (Å²) in [6.45, 7) is 5.45. The second-order valence-corrected chi connectivity index (χ2v) is 5.54. The smallest absolute Gasteiger partial charge is 0.324 e. The van der Waals surface area contributed by atoms with Crippen LogP contribution < -0.4 is 0 Å². The molecule has 1 N–H and O–H groups in total. The molecule has 7 nitrogen and oxygen atoms in total. The number of fused-ring (bicyclic) bond motifs is 1. The molecule has 0 aromatic carbocycles. The zero-order valence-corrected chi connectivity index (χ0v) is 12.1. The Hall–Kier alpha value is -1.20. The second kappa shape index (κ2) is 5.30. The fourth-order valence-electron chi connectivity index (χ4n) is 3.06. The summed E-state index contributed by atoms with van der Waals surface area (Å²) in [7, 11) is 1.22. The third-order valence-electron chi connectivity index (χ3n) is 3.88. The highest BCUT2D eigenvalue weighted by atomic mass is 16.8. The number of hydroxylamine groups is 2. The minimum Gasteiger partial charge on any atom is -0.468 e. The number of methoxy groups -OCH3 is 1. The Balaban J connectivity index is 2.32. The first kappa shape index (κ1) is 15.2. The van der Waals surface area contributed by atoms with Crippen LogP contribution in [0.1, 0.15) is 27.2 Å². The van der Waals surface area contributed by atoms with Gasteiger partial charge in [-0.15, -0.1) is 0 Å². The number of nitriles is 1. The van der Waals surface area contributed by atoms with E-state index >= 15 is 0 Å². The first-order valence-corrected chi connectivity index (χ1v) is 6.66. The van der Waals surface area contributed by atoms with Crippen molar-refractivity contribution >= 4 is 5.97 Å². The van der Waals surface area contributed by atoms with E-state index in [9.17, 15) is 15.3 Å². The first-order valence-electron chi connectivity index (χ1n) is 6.66. The number of nitrogens with zero attached hydrogens (tertiary/aromatic N) is 2. The van der Waals surface area contributed by atoms with Crippen molar-refractivity contribution in [3.63, 3.8) is 0 Å². The lowest BCUT2D eigenvalue weighted by Gasteiger charge is -2.30. The van der Waals surface area contributed by atoms with Crippen LogP contribution in [0.4, 0.5) is 0 Å². The number of rotatable bonds is 3. The highest BCUT2D eigenvalue weighted by Gasteiger charge is 2.60. The number of carbonyl (C=O) groups excluding carboxylic acids is 1. The van der Waals surface area contributed by atoms with E-state index in [1.54, 1.807) is 13.8 Å². The van der Waals surface area contributed by atoms with Crippen molar-refractivity contribution in [1.29, 1.82) is 5.26 Å². The van der Waals surface area contributed by atoms with Crippen molar-refractivity contribution in [2.24, 2.45) is 5.92 Å². The molecule has 2 unspecified atom stereocenters. The maximum Gasteiger partial charge on any atom is 0.324 e. The normalized spacial score (nSPS) is 37.2. The van der Waals surface area contributed by atoms with Crippen LogP contribution in [0.2, 0.25) is 0 Å². The van der Waals surface area contributed by atoms with Gasteiger partial charge in [0.1, 0.15) is 12.2 Å². The molecular formula is C13H20N2O5. The minimum absolute atomic E-state index is 0.313. The fraction of sp³-hybridized carbons (Fsp3) is 0.846. The minimum atomic E-state index is -1.12. The van der Waals surface area contributed by atoms with Gasteiger partial charge >= 0.3 is 5.97 Å². The van der Waals surface area contributed by atoms with Crippen molar-refractivity contribution in [3.05, 3.63) is 0 Å². The van der Waals surface area contributed by atoms with Gasteiger partial charge in [0.2, 0.25) is 0 Å². The lowest BCUT2D eigenvalue weighted by Crippen LogP contribution is -2.46. The van der Waals surface area contributed by atoms with E-state index in [-0.39, 0.29) is 12.1 Å². The summed E-state index contributed by atoms with van der Waals surface area (Å²) in [6, 6.07) is 0.797. The van der Waals surface area contributed by atoms with Gasteiger partial charge in [0, 0.05) is 0 Å². The molecule has 0 aromatic heterocycles. The van der Waals surface area contributed by atoms with Crippen LogP contribution >= 0.6 is 0 Å². The van der Waals surface area contributed by atoms with Crippen molar-refractivity contribution in [2.45, 2.75) is 57.3 Å². The van der Waals surface area contributed by atoms with Gasteiger partial charge in [0.05, 0.1) is 25.3 Å². The third-order valence-corrected chi connectivity index (χ3v) is 3.88. The Morgan fingerprint density at radius 2 is 2.10 bits per heavy atom. The molecule has 0 spiro atoms. The molecule has 0 radical (unpaired) electrons. The quantitative estimate of drug-likeness (QED) is 0.761. The summed E-state index contributed by atoms with van der Waals surface area (Å²) in [5.41, 5.74) is 0. The van der Waals surface area contributed by atoms with Crippen LogP contribution in [0.25, 0.3) is 0 Å². The molecule has 112 valence electrons. The Kier molecular flexibility index (Phi) is 4.02. The highest BCUT2D eigenvalue weighted by Crippen LogP contribution is 2.42. The Morgan fingerprint density at radius 1 is 1.50 bits per heavy atom. The number of hydrogen-bond donors (Lipinski definition) is 1. The van der Waals surface area contributed by atoms with Crippen molar-refractivity contribution in [2.75, 3.05) is 7.11 Å². The summed E-state index contributed by atoms with van der Waals surface area (Å²) < 4.78 is 16.2. The maximum absolute atomic E-state index is 11.7. The highest BCUT2D eigenvalue weighted by molar-refractivity contribution is 5.76. The molecule has 2 heterocycles. The van der Waals surface area contributed by atoms with E-state index in [1.165, 1.54) is 7.11 Å². The van der Waals surface area contributed by atoms with Crippen molar-refractivity contribution in [3.8, 4) is 6.07 Å². The van der Waals surface area contributed by atoms with Gasteiger partial charge in [-0.05, 0) is 20.3 Å². The third kappa shape index (κ3) is 2.29. The average molecular weight is 284 g/mol. The predicted molar refractivity (Wildman–Crippen MR) is 66.4 cm³/mol. The van der Waals surface area contributed by atoms with Gasteiger partial charge in [0.25, 0.3) is 0 Å². The molecular weight excluding hydrogens is 264 g/mol.